The first-order chi connectivity index (χ1) is 6.33. The van der Waals surface area contributed by atoms with E-state index in [0.29, 0.717) is 12.5 Å². The Hall–Kier alpha value is -0.410. The van der Waals surface area contributed by atoms with Crippen molar-refractivity contribution in [3.8, 4) is 0 Å². The lowest BCUT2D eigenvalue weighted by molar-refractivity contribution is -0.122. The summed E-state index contributed by atoms with van der Waals surface area (Å²) in [5, 5.41) is 3.42. The van der Waals surface area contributed by atoms with Gasteiger partial charge in [0.15, 0.2) is 5.78 Å². The third-order valence-corrected chi connectivity index (χ3v) is 2.49. The van der Waals surface area contributed by atoms with Crippen LogP contribution in [0.25, 0.3) is 0 Å². The summed E-state index contributed by atoms with van der Waals surface area (Å²) < 4.78 is 4.77. The fraction of sp³-hybridized carbons (Fsp3) is 0.900. The predicted molar refractivity (Wildman–Crippen MR) is 51.8 cm³/mol. The summed E-state index contributed by atoms with van der Waals surface area (Å²) in [5.74, 6) is 0.217. The number of Topliss-reactive ketones (excluding diaryl/α,β-unsaturated/α-hetero) is 1. The molecule has 13 heavy (non-hydrogen) atoms. The van der Waals surface area contributed by atoms with Crippen LogP contribution < -0.4 is 5.32 Å². The summed E-state index contributed by atoms with van der Waals surface area (Å²) >= 11 is 0. The molecule has 1 aliphatic heterocycles. The summed E-state index contributed by atoms with van der Waals surface area (Å²) in [4.78, 5) is 11.1. The van der Waals surface area contributed by atoms with Gasteiger partial charge in [-0.15, -0.1) is 0 Å². The van der Waals surface area contributed by atoms with Gasteiger partial charge in [0.05, 0.1) is 0 Å². The maximum Gasteiger partial charge on any atom is 0.158 e. The Kier molecular flexibility index (Phi) is 5.01. The third kappa shape index (κ3) is 4.39. The molecule has 0 aromatic carbocycles. The fourth-order valence-corrected chi connectivity index (χ4v) is 1.74. The standard InChI is InChI=1S/C10H19NO2/c1-13-8-10(12)6-5-9-4-2-3-7-11-9/h9,11H,2-8H2,1H3. The first kappa shape index (κ1) is 10.7. The number of piperidine rings is 1. The second kappa shape index (κ2) is 6.11. The molecule has 1 aliphatic rings. The molecule has 76 valence electrons. The van der Waals surface area contributed by atoms with E-state index in [9.17, 15) is 4.79 Å². The Morgan fingerprint density at radius 3 is 3.00 bits per heavy atom. The highest BCUT2D eigenvalue weighted by molar-refractivity contribution is 5.79. The fourth-order valence-electron chi connectivity index (χ4n) is 1.74. The number of hydrogen-bond acceptors (Lipinski definition) is 3. The Bertz CT molecular complexity index is 153. The highest BCUT2D eigenvalue weighted by Gasteiger charge is 2.13. The molecule has 3 nitrogen and oxygen atoms in total. The Morgan fingerprint density at radius 1 is 1.54 bits per heavy atom. The maximum atomic E-state index is 11.1. The Morgan fingerprint density at radius 2 is 2.38 bits per heavy atom. The monoisotopic (exact) mass is 185 g/mol. The number of hydrogen-bond donors (Lipinski definition) is 1. The summed E-state index contributed by atoms with van der Waals surface area (Å²) in [7, 11) is 1.57. The topological polar surface area (TPSA) is 38.3 Å². The summed E-state index contributed by atoms with van der Waals surface area (Å²) in [6, 6.07) is 0.564. The molecule has 0 spiro atoms. The normalized spacial score (nSPS) is 23.0. The number of ether oxygens (including phenoxy) is 1. The minimum atomic E-state index is 0.217. The van der Waals surface area contributed by atoms with Crippen LogP contribution in [0.3, 0.4) is 0 Å². The number of ketones is 1. The highest BCUT2D eigenvalue weighted by atomic mass is 16.5. The van der Waals surface area contributed by atoms with Gasteiger partial charge in [-0.05, 0) is 25.8 Å². The smallest absolute Gasteiger partial charge is 0.158 e. The first-order valence-electron chi connectivity index (χ1n) is 5.07. The molecule has 0 radical (unpaired) electrons. The lowest BCUT2D eigenvalue weighted by Crippen LogP contribution is -2.34. The van der Waals surface area contributed by atoms with Gasteiger partial charge in [-0.2, -0.15) is 0 Å². The minimum Gasteiger partial charge on any atom is -0.377 e. The van der Waals surface area contributed by atoms with Gasteiger partial charge in [-0.1, -0.05) is 6.42 Å². The molecule has 1 N–H and O–H groups in total. The zero-order chi connectivity index (χ0) is 9.52. The molecule has 0 saturated carbocycles. The summed E-state index contributed by atoms with van der Waals surface area (Å²) in [6.45, 7) is 1.38. The van der Waals surface area contributed by atoms with Gasteiger partial charge >= 0.3 is 0 Å². The van der Waals surface area contributed by atoms with Crippen LogP contribution in [0.5, 0.6) is 0 Å². The molecule has 0 bridgehead atoms. The molecule has 1 rings (SSSR count). The maximum absolute atomic E-state index is 11.1. The van der Waals surface area contributed by atoms with Crippen molar-refractivity contribution in [2.24, 2.45) is 0 Å². The van der Waals surface area contributed by atoms with Crippen LogP contribution in [0.4, 0.5) is 0 Å². The Balaban J connectivity index is 2.06. The van der Waals surface area contributed by atoms with Gasteiger partial charge in [-0.25, -0.2) is 0 Å². The largest absolute Gasteiger partial charge is 0.377 e. The van der Waals surface area contributed by atoms with E-state index < -0.39 is 0 Å². The number of nitrogens with one attached hydrogen (secondary N) is 1. The molecular formula is C10H19NO2. The van der Waals surface area contributed by atoms with Crippen molar-refractivity contribution in [1.82, 2.24) is 5.32 Å². The molecule has 0 amide bonds. The molecule has 1 heterocycles. The molecule has 3 heteroatoms. The van der Waals surface area contributed by atoms with Crippen LogP contribution in [-0.4, -0.2) is 32.1 Å². The van der Waals surface area contributed by atoms with E-state index in [4.69, 9.17) is 4.74 Å². The summed E-state index contributed by atoms with van der Waals surface area (Å²) in [5.41, 5.74) is 0. The van der Waals surface area contributed by atoms with E-state index in [1.807, 2.05) is 0 Å². The average Bonchev–Trinajstić information content (AvgIpc) is 2.17. The molecule has 0 aromatic rings. The van der Waals surface area contributed by atoms with Gasteiger partial charge in [0.2, 0.25) is 0 Å². The molecule has 0 aromatic heterocycles. The van der Waals surface area contributed by atoms with Crippen molar-refractivity contribution in [3.05, 3.63) is 0 Å². The molecule has 1 saturated heterocycles. The van der Waals surface area contributed by atoms with E-state index in [1.165, 1.54) is 19.3 Å². The van der Waals surface area contributed by atoms with E-state index in [-0.39, 0.29) is 12.4 Å². The first-order valence-corrected chi connectivity index (χ1v) is 5.07. The SMILES string of the molecule is COCC(=O)CCC1CCCCN1. The van der Waals surface area contributed by atoms with E-state index in [1.54, 1.807) is 7.11 Å². The number of carbonyl (C=O) groups excluding carboxylic acids is 1. The number of rotatable bonds is 5. The number of methoxy groups -OCH3 is 1. The van der Waals surface area contributed by atoms with E-state index in [0.717, 1.165) is 13.0 Å². The van der Waals surface area contributed by atoms with Crippen LogP contribution in [0.15, 0.2) is 0 Å². The second-order valence-corrected chi connectivity index (χ2v) is 3.66. The highest BCUT2D eigenvalue weighted by Crippen LogP contribution is 2.11. The van der Waals surface area contributed by atoms with Gasteiger partial charge in [0, 0.05) is 19.6 Å². The Labute approximate surface area is 79.8 Å². The van der Waals surface area contributed by atoms with Gasteiger partial charge in [-0.3, -0.25) is 4.79 Å². The predicted octanol–water partition coefficient (Wildman–Crippen LogP) is 1.12. The molecular weight excluding hydrogens is 166 g/mol. The van der Waals surface area contributed by atoms with Crippen LogP contribution in [0.2, 0.25) is 0 Å². The third-order valence-electron chi connectivity index (χ3n) is 2.49. The lowest BCUT2D eigenvalue weighted by Gasteiger charge is -2.22. The zero-order valence-corrected chi connectivity index (χ0v) is 8.34. The van der Waals surface area contributed by atoms with Gasteiger partial charge in [0.1, 0.15) is 6.61 Å². The lowest BCUT2D eigenvalue weighted by atomic mass is 9.99. The second-order valence-electron chi connectivity index (χ2n) is 3.66. The molecule has 0 aliphatic carbocycles. The summed E-state index contributed by atoms with van der Waals surface area (Å²) in [6.07, 6.45) is 5.44. The quantitative estimate of drug-likeness (QED) is 0.697. The van der Waals surface area contributed by atoms with Crippen molar-refractivity contribution in [2.45, 2.75) is 38.1 Å². The van der Waals surface area contributed by atoms with Crippen LogP contribution in [0.1, 0.15) is 32.1 Å². The average molecular weight is 185 g/mol. The van der Waals surface area contributed by atoms with Crippen molar-refractivity contribution < 1.29 is 9.53 Å². The van der Waals surface area contributed by atoms with Gasteiger partial charge in [0.25, 0.3) is 0 Å². The van der Waals surface area contributed by atoms with Crippen LogP contribution in [0, 0.1) is 0 Å². The van der Waals surface area contributed by atoms with Crippen LogP contribution >= 0.6 is 0 Å². The van der Waals surface area contributed by atoms with Crippen molar-refractivity contribution in [2.75, 3.05) is 20.3 Å². The number of carbonyl (C=O) groups is 1. The van der Waals surface area contributed by atoms with Crippen molar-refractivity contribution in [3.63, 3.8) is 0 Å². The molecule has 1 atom stereocenters. The van der Waals surface area contributed by atoms with E-state index in [2.05, 4.69) is 5.32 Å². The van der Waals surface area contributed by atoms with Gasteiger partial charge < -0.3 is 10.1 Å². The molecule has 1 unspecified atom stereocenters. The molecule has 1 fully saturated rings. The van der Waals surface area contributed by atoms with Crippen molar-refractivity contribution >= 4 is 5.78 Å². The zero-order valence-electron chi connectivity index (χ0n) is 8.34. The van der Waals surface area contributed by atoms with E-state index >= 15 is 0 Å². The van der Waals surface area contributed by atoms with Crippen LogP contribution in [-0.2, 0) is 9.53 Å². The minimum absolute atomic E-state index is 0.217. The van der Waals surface area contributed by atoms with Crippen molar-refractivity contribution in [1.29, 1.82) is 0 Å².